The summed E-state index contributed by atoms with van der Waals surface area (Å²) in [5.74, 6) is -3.31. The van der Waals surface area contributed by atoms with E-state index in [0.717, 1.165) is 24.2 Å². The minimum Gasteiger partial charge on any atom is -0.480 e. The van der Waals surface area contributed by atoms with E-state index < -0.39 is 37.0 Å². The molecule has 1 amide bonds. The minimum atomic E-state index is -1.18. The maximum Gasteiger partial charge on any atom is 0.334 e. The van der Waals surface area contributed by atoms with Crippen molar-refractivity contribution in [3.8, 4) is 0 Å². The molecule has 0 aliphatic heterocycles. The summed E-state index contributed by atoms with van der Waals surface area (Å²) in [7, 11) is 1.28. The lowest BCUT2D eigenvalue weighted by atomic mass is 10.1. The summed E-state index contributed by atoms with van der Waals surface area (Å²) >= 11 is 0. The number of likely N-dealkylation sites (N-methyl/N-ethyl adjacent to an activating group) is 1. The van der Waals surface area contributed by atoms with Crippen LogP contribution in [0.5, 0.6) is 0 Å². The highest BCUT2D eigenvalue weighted by Gasteiger charge is 2.18. The van der Waals surface area contributed by atoms with Crippen LogP contribution in [-0.4, -0.2) is 60.6 Å². The van der Waals surface area contributed by atoms with Crippen LogP contribution in [0.3, 0.4) is 0 Å². The summed E-state index contributed by atoms with van der Waals surface area (Å²) in [6.45, 7) is 4.78. The Kier molecular flexibility index (Phi) is 12.6. The molecule has 1 N–H and O–H groups in total. The fourth-order valence-electron chi connectivity index (χ4n) is 2.00. The van der Waals surface area contributed by atoms with Crippen molar-refractivity contribution >= 4 is 23.8 Å². The third kappa shape index (κ3) is 12.0. The Balaban J connectivity index is 3.93. The summed E-state index contributed by atoms with van der Waals surface area (Å²) < 4.78 is 9.75. The highest BCUT2D eigenvalue weighted by atomic mass is 16.5. The molecule has 0 aromatic rings. The molecule has 8 nitrogen and oxygen atoms in total. The molecule has 148 valence electrons. The largest absolute Gasteiger partial charge is 0.480 e. The van der Waals surface area contributed by atoms with Crippen molar-refractivity contribution < 1.29 is 33.8 Å². The summed E-state index contributed by atoms with van der Waals surface area (Å²) in [4.78, 5) is 46.3. The maximum absolute atomic E-state index is 11.7. The second-order valence-corrected chi connectivity index (χ2v) is 5.99. The number of carboxylic acid groups (broad SMARTS) is 1. The monoisotopic (exact) mass is 371 g/mol. The van der Waals surface area contributed by atoms with Crippen LogP contribution in [0, 0.1) is 0 Å². The molecule has 0 unspecified atom stereocenters. The van der Waals surface area contributed by atoms with E-state index in [4.69, 9.17) is 14.6 Å². The van der Waals surface area contributed by atoms with Gasteiger partial charge >= 0.3 is 17.9 Å². The fourth-order valence-corrected chi connectivity index (χ4v) is 2.00. The van der Waals surface area contributed by atoms with E-state index in [1.54, 1.807) is 0 Å². The molecule has 0 saturated carbocycles. The maximum atomic E-state index is 11.7. The fraction of sp³-hybridized carbons (Fsp3) is 0.667. The van der Waals surface area contributed by atoms with Crippen LogP contribution in [0.4, 0.5) is 0 Å². The van der Waals surface area contributed by atoms with Gasteiger partial charge < -0.3 is 19.5 Å². The van der Waals surface area contributed by atoms with Crippen LogP contribution in [0.2, 0.25) is 0 Å². The van der Waals surface area contributed by atoms with E-state index in [-0.39, 0.29) is 12.0 Å². The van der Waals surface area contributed by atoms with Crippen LogP contribution in [-0.2, 0) is 28.7 Å². The Labute approximate surface area is 154 Å². The van der Waals surface area contributed by atoms with Crippen molar-refractivity contribution in [3.05, 3.63) is 12.2 Å². The average Bonchev–Trinajstić information content (AvgIpc) is 2.57. The lowest BCUT2D eigenvalue weighted by Gasteiger charge is -2.14. The quantitative estimate of drug-likeness (QED) is 0.282. The number of hydrogen-bond acceptors (Lipinski definition) is 6. The predicted molar refractivity (Wildman–Crippen MR) is 94.3 cm³/mol. The number of esters is 2. The van der Waals surface area contributed by atoms with Crippen molar-refractivity contribution in [2.75, 3.05) is 26.8 Å². The molecule has 0 aromatic heterocycles. The van der Waals surface area contributed by atoms with E-state index in [1.165, 1.54) is 26.3 Å². The molecule has 0 aliphatic rings. The molecule has 0 saturated heterocycles. The average molecular weight is 371 g/mol. The van der Waals surface area contributed by atoms with Crippen molar-refractivity contribution in [2.24, 2.45) is 0 Å². The van der Waals surface area contributed by atoms with E-state index in [0.29, 0.717) is 6.61 Å². The van der Waals surface area contributed by atoms with Gasteiger partial charge in [-0.15, -0.1) is 0 Å². The second kappa shape index (κ2) is 13.9. The number of hydrogen-bond donors (Lipinski definition) is 1. The topological polar surface area (TPSA) is 110 Å². The van der Waals surface area contributed by atoms with E-state index in [2.05, 4.69) is 13.5 Å². The van der Waals surface area contributed by atoms with Gasteiger partial charge in [0, 0.05) is 12.6 Å². The number of aliphatic carboxylic acids is 1. The third-order valence-corrected chi connectivity index (χ3v) is 3.53. The lowest BCUT2D eigenvalue weighted by molar-refractivity contribution is -0.152. The number of ether oxygens (including phenoxy) is 2. The number of carboxylic acids is 1. The molecule has 0 heterocycles. The zero-order chi connectivity index (χ0) is 19.9. The molecule has 8 heteroatoms. The van der Waals surface area contributed by atoms with Crippen molar-refractivity contribution in [1.29, 1.82) is 0 Å². The number of carbonyl (C=O) groups excluding carboxylic acids is 3. The summed E-state index contributed by atoms with van der Waals surface area (Å²) in [6.07, 6.45) is 6.11. The normalized spacial score (nSPS) is 10.1. The zero-order valence-corrected chi connectivity index (χ0v) is 15.6. The molecule has 0 bridgehead atoms. The number of rotatable bonds is 14. The summed E-state index contributed by atoms with van der Waals surface area (Å²) in [5, 5.41) is 8.57. The van der Waals surface area contributed by atoms with Gasteiger partial charge in [-0.1, -0.05) is 45.6 Å². The molecular formula is C18H29NO7. The molecule has 0 radical (unpaired) electrons. The van der Waals surface area contributed by atoms with Crippen LogP contribution in [0.25, 0.3) is 0 Å². The van der Waals surface area contributed by atoms with E-state index in [9.17, 15) is 19.2 Å². The van der Waals surface area contributed by atoms with Crippen LogP contribution >= 0.6 is 0 Å². The third-order valence-electron chi connectivity index (χ3n) is 3.53. The lowest BCUT2D eigenvalue weighted by Crippen LogP contribution is -2.35. The summed E-state index contributed by atoms with van der Waals surface area (Å²) in [6, 6.07) is 0. The smallest absolute Gasteiger partial charge is 0.334 e. The first-order valence-corrected chi connectivity index (χ1v) is 8.74. The first-order valence-electron chi connectivity index (χ1n) is 8.74. The zero-order valence-electron chi connectivity index (χ0n) is 15.6. The first-order chi connectivity index (χ1) is 12.3. The SMILES string of the molecule is C=C(CC(=O)OCCCCCCCC)C(=O)OCC(=O)N(C)CC(=O)O. The van der Waals surface area contributed by atoms with Gasteiger partial charge in [-0.25, -0.2) is 4.79 Å². The molecule has 26 heavy (non-hydrogen) atoms. The van der Waals surface area contributed by atoms with Gasteiger partial charge in [0.05, 0.1) is 13.0 Å². The highest BCUT2D eigenvalue weighted by molar-refractivity contribution is 5.94. The van der Waals surface area contributed by atoms with Crippen LogP contribution in [0.15, 0.2) is 12.2 Å². The number of carbonyl (C=O) groups is 4. The van der Waals surface area contributed by atoms with Gasteiger partial charge in [0.2, 0.25) is 0 Å². The van der Waals surface area contributed by atoms with Crippen molar-refractivity contribution in [3.63, 3.8) is 0 Å². The first kappa shape index (κ1) is 23.6. The Morgan fingerprint density at radius 1 is 1.00 bits per heavy atom. The van der Waals surface area contributed by atoms with Gasteiger partial charge in [-0.05, 0) is 6.42 Å². The standard InChI is InChI=1S/C18H29NO7/c1-4-5-6-7-8-9-10-25-17(23)11-14(2)18(24)26-13-15(20)19(3)12-16(21)22/h2,4-13H2,1,3H3,(H,21,22). The minimum absolute atomic E-state index is 0.119. The number of unbranched alkanes of at least 4 members (excludes halogenated alkanes) is 5. The van der Waals surface area contributed by atoms with Gasteiger partial charge in [-0.3, -0.25) is 14.4 Å². The highest BCUT2D eigenvalue weighted by Crippen LogP contribution is 2.07. The van der Waals surface area contributed by atoms with Gasteiger partial charge in [0.15, 0.2) is 6.61 Å². The molecule has 0 aliphatic carbocycles. The second-order valence-electron chi connectivity index (χ2n) is 5.99. The molecule has 0 spiro atoms. The molecule has 0 rings (SSSR count). The van der Waals surface area contributed by atoms with Crippen LogP contribution < -0.4 is 0 Å². The summed E-state index contributed by atoms with van der Waals surface area (Å²) in [5.41, 5.74) is -0.119. The van der Waals surface area contributed by atoms with Gasteiger partial charge in [0.1, 0.15) is 6.54 Å². The Hall–Kier alpha value is -2.38. The Morgan fingerprint density at radius 3 is 2.23 bits per heavy atom. The molecule has 0 aromatic carbocycles. The predicted octanol–water partition coefficient (Wildman–Crippen LogP) is 1.92. The number of amides is 1. The van der Waals surface area contributed by atoms with Gasteiger partial charge in [0.25, 0.3) is 5.91 Å². The van der Waals surface area contributed by atoms with E-state index >= 15 is 0 Å². The number of nitrogens with zero attached hydrogens (tertiary/aromatic N) is 1. The van der Waals surface area contributed by atoms with Gasteiger partial charge in [-0.2, -0.15) is 0 Å². The van der Waals surface area contributed by atoms with Crippen LogP contribution in [0.1, 0.15) is 51.9 Å². The van der Waals surface area contributed by atoms with Crippen molar-refractivity contribution in [1.82, 2.24) is 4.90 Å². The van der Waals surface area contributed by atoms with Crippen molar-refractivity contribution in [2.45, 2.75) is 51.9 Å². The molecule has 0 fully saturated rings. The Morgan fingerprint density at radius 2 is 1.62 bits per heavy atom. The molecule has 0 atom stereocenters. The van der Waals surface area contributed by atoms with E-state index in [1.807, 2.05) is 0 Å². The molecular weight excluding hydrogens is 342 g/mol. The Bertz CT molecular complexity index is 502.